The van der Waals surface area contributed by atoms with Crippen molar-refractivity contribution < 1.29 is 9.47 Å². The molecule has 0 aliphatic rings. The Kier molecular flexibility index (Phi) is 9.13. The third-order valence-corrected chi connectivity index (χ3v) is 1.41. The number of ether oxygens (including phenoxy) is 2. The van der Waals surface area contributed by atoms with E-state index < -0.39 is 0 Å². The molecule has 0 saturated carbocycles. The Morgan fingerprint density at radius 1 is 1.09 bits per heavy atom. The van der Waals surface area contributed by atoms with Gasteiger partial charge >= 0.3 is 0 Å². The zero-order valence-corrected chi connectivity index (χ0v) is 8.48. The van der Waals surface area contributed by atoms with Crippen molar-refractivity contribution in [1.29, 1.82) is 0 Å². The summed E-state index contributed by atoms with van der Waals surface area (Å²) in [6.45, 7) is 5.36. The van der Waals surface area contributed by atoms with Gasteiger partial charge in [0, 0.05) is 13.2 Å². The molecular formula is C6H15NO2S2. The van der Waals surface area contributed by atoms with Gasteiger partial charge in [-0.1, -0.05) is 25.6 Å². The minimum Gasteiger partial charge on any atom is -0.379 e. The Hall–Kier alpha value is 0.580. The van der Waals surface area contributed by atoms with E-state index in [1.807, 2.05) is 6.92 Å². The molecule has 0 aliphatic carbocycles. The predicted octanol–water partition coefficient (Wildman–Crippen LogP) is 1.03. The Labute approximate surface area is 79.1 Å². The van der Waals surface area contributed by atoms with Crippen LogP contribution in [0.5, 0.6) is 0 Å². The first kappa shape index (κ1) is 11.6. The van der Waals surface area contributed by atoms with Crippen LogP contribution in [0.3, 0.4) is 0 Å². The van der Waals surface area contributed by atoms with Gasteiger partial charge in [0.05, 0.1) is 19.8 Å². The van der Waals surface area contributed by atoms with E-state index in [0.717, 1.165) is 6.61 Å². The molecule has 0 aromatic carbocycles. The van der Waals surface area contributed by atoms with E-state index in [1.165, 1.54) is 3.71 Å². The highest BCUT2D eigenvalue weighted by atomic mass is 32.2. The molecule has 0 fully saturated rings. The van der Waals surface area contributed by atoms with Gasteiger partial charge in [-0.25, -0.2) is 0 Å². The largest absolute Gasteiger partial charge is 0.379 e. The summed E-state index contributed by atoms with van der Waals surface area (Å²) in [6, 6.07) is 0. The molecule has 0 radical (unpaired) electrons. The molecule has 0 unspecified atom stereocenters. The number of nitrogens with zero attached hydrogens (tertiary/aromatic N) is 1. The highest BCUT2D eigenvalue weighted by molar-refractivity contribution is 7.93. The maximum atomic E-state index is 5.18. The van der Waals surface area contributed by atoms with E-state index >= 15 is 0 Å². The van der Waals surface area contributed by atoms with Crippen molar-refractivity contribution in [2.75, 3.05) is 33.0 Å². The van der Waals surface area contributed by atoms with Crippen LogP contribution >= 0.6 is 25.6 Å². The maximum absolute atomic E-state index is 5.18. The first-order valence-corrected chi connectivity index (χ1v) is 4.38. The Morgan fingerprint density at radius 3 is 2.27 bits per heavy atom. The van der Waals surface area contributed by atoms with Gasteiger partial charge in [-0.3, -0.25) is 0 Å². The van der Waals surface area contributed by atoms with Gasteiger partial charge in [-0.2, -0.15) is 3.71 Å². The van der Waals surface area contributed by atoms with Crippen LogP contribution in [0.1, 0.15) is 6.92 Å². The summed E-state index contributed by atoms with van der Waals surface area (Å²) in [6.07, 6.45) is 0. The quantitative estimate of drug-likeness (QED) is 0.470. The monoisotopic (exact) mass is 197 g/mol. The second kappa shape index (κ2) is 8.67. The molecule has 0 saturated heterocycles. The molecule has 11 heavy (non-hydrogen) atoms. The molecule has 0 N–H and O–H groups in total. The Bertz CT molecular complexity index is 83.0. The standard InChI is InChI=1S/C6H15NO2S2/c1-2-8-5-6-9-4-3-7(10)11/h10-11H,2-6H2,1H3. The molecular weight excluding hydrogens is 182 g/mol. The first-order valence-electron chi connectivity index (χ1n) is 3.58. The van der Waals surface area contributed by atoms with Gasteiger partial charge in [-0.15, -0.1) is 0 Å². The molecule has 0 amide bonds. The normalized spacial score (nSPS) is 10.9. The summed E-state index contributed by atoms with van der Waals surface area (Å²) in [7, 11) is 0. The summed E-state index contributed by atoms with van der Waals surface area (Å²) in [4.78, 5) is 0. The zero-order chi connectivity index (χ0) is 8.53. The number of thiol groups is 2. The summed E-state index contributed by atoms with van der Waals surface area (Å²) in [5.74, 6) is 0. The summed E-state index contributed by atoms with van der Waals surface area (Å²) in [5.41, 5.74) is 0. The van der Waals surface area contributed by atoms with E-state index in [1.54, 1.807) is 0 Å². The van der Waals surface area contributed by atoms with Gasteiger partial charge in [0.25, 0.3) is 0 Å². The minimum atomic E-state index is 0.639. The molecule has 5 heteroatoms. The number of hydrogen-bond donors (Lipinski definition) is 2. The van der Waals surface area contributed by atoms with E-state index in [0.29, 0.717) is 26.4 Å². The maximum Gasteiger partial charge on any atom is 0.0701 e. The van der Waals surface area contributed by atoms with Crippen molar-refractivity contribution in [2.45, 2.75) is 6.92 Å². The van der Waals surface area contributed by atoms with Crippen molar-refractivity contribution in [3.05, 3.63) is 0 Å². The van der Waals surface area contributed by atoms with Gasteiger partial charge in [0.2, 0.25) is 0 Å². The van der Waals surface area contributed by atoms with Crippen LogP contribution in [0.2, 0.25) is 0 Å². The second-order valence-corrected chi connectivity index (χ2v) is 3.19. The summed E-state index contributed by atoms with van der Waals surface area (Å²) < 4.78 is 11.7. The lowest BCUT2D eigenvalue weighted by atomic mass is 10.7. The average Bonchev–Trinajstić information content (AvgIpc) is 1.96. The number of rotatable bonds is 7. The summed E-state index contributed by atoms with van der Waals surface area (Å²) in [5, 5.41) is 0. The van der Waals surface area contributed by atoms with Crippen LogP contribution in [0, 0.1) is 0 Å². The topological polar surface area (TPSA) is 21.7 Å². The van der Waals surface area contributed by atoms with Gasteiger partial charge in [0.1, 0.15) is 0 Å². The number of hydrogen-bond acceptors (Lipinski definition) is 5. The van der Waals surface area contributed by atoms with Gasteiger partial charge < -0.3 is 9.47 Å². The highest BCUT2D eigenvalue weighted by Crippen LogP contribution is 1.94. The van der Waals surface area contributed by atoms with Crippen molar-refractivity contribution in [2.24, 2.45) is 0 Å². The second-order valence-electron chi connectivity index (χ2n) is 1.91. The van der Waals surface area contributed by atoms with E-state index in [4.69, 9.17) is 9.47 Å². The highest BCUT2D eigenvalue weighted by Gasteiger charge is 1.91. The first-order chi connectivity index (χ1) is 5.27. The van der Waals surface area contributed by atoms with Crippen LogP contribution in [0.25, 0.3) is 0 Å². The van der Waals surface area contributed by atoms with Crippen LogP contribution in [-0.2, 0) is 9.47 Å². The molecule has 0 rings (SSSR count). The third kappa shape index (κ3) is 10.6. The lowest BCUT2D eigenvalue weighted by molar-refractivity contribution is 0.0531. The van der Waals surface area contributed by atoms with Crippen LogP contribution in [0.15, 0.2) is 0 Å². The van der Waals surface area contributed by atoms with E-state index in [2.05, 4.69) is 25.6 Å². The van der Waals surface area contributed by atoms with Gasteiger partial charge in [0.15, 0.2) is 0 Å². The predicted molar refractivity (Wildman–Crippen MR) is 52.0 cm³/mol. The van der Waals surface area contributed by atoms with Crippen molar-refractivity contribution in [1.82, 2.24) is 3.71 Å². The third-order valence-electron chi connectivity index (χ3n) is 1.01. The lowest BCUT2D eigenvalue weighted by Gasteiger charge is -2.07. The molecule has 0 aliphatic heterocycles. The van der Waals surface area contributed by atoms with E-state index in [9.17, 15) is 0 Å². The van der Waals surface area contributed by atoms with Crippen LogP contribution < -0.4 is 0 Å². The molecule has 0 bridgehead atoms. The average molecular weight is 197 g/mol. The lowest BCUT2D eigenvalue weighted by Crippen LogP contribution is -2.12. The molecule has 0 spiro atoms. The molecule has 3 nitrogen and oxygen atoms in total. The molecule has 0 aromatic heterocycles. The minimum absolute atomic E-state index is 0.639. The molecule has 0 atom stereocenters. The molecule has 68 valence electrons. The zero-order valence-electron chi connectivity index (χ0n) is 6.69. The van der Waals surface area contributed by atoms with Crippen molar-refractivity contribution in [3.63, 3.8) is 0 Å². The summed E-state index contributed by atoms with van der Waals surface area (Å²) >= 11 is 7.86. The SMILES string of the molecule is CCOCCOCCN(S)S. The smallest absolute Gasteiger partial charge is 0.0701 e. The van der Waals surface area contributed by atoms with Crippen molar-refractivity contribution >= 4 is 25.6 Å². The fourth-order valence-corrected chi connectivity index (χ4v) is 0.674. The van der Waals surface area contributed by atoms with Crippen LogP contribution in [-0.4, -0.2) is 36.7 Å². The Balaban J connectivity index is 2.80. The molecule has 0 heterocycles. The molecule has 0 aromatic rings. The Morgan fingerprint density at radius 2 is 1.73 bits per heavy atom. The van der Waals surface area contributed by atoms with Crippen molar-refractivity contribution in [3.8, 4) is 0 Å². The fraction of sp³-hybridized carbons (Fsp3) is 1.00. The fourth-order valence-electron chi connectivity index (χ4n) is 0.510. The van der Waals surface area contributed by atoms with E-state index in [-0.39, 0.29) is 0 Å². The van der Waals surface area contributed by atoms with Crippen LogP contribution in [0.4, 0.5) is 0 Å². The van der Waals surface area contributed by atoms with Gasteiger partial charge in [-0.05, 0) is 6.92 Å².